The molecular weight excluding hydrogens is 262 g/mol. The molecule has 0 unspecified atom stereocenters. The lowest BCUT2D eigenvalue weighted by Gasteiger charge is -2.03. The topological polar surface area (TPSA) is 91.3 Å². The van der Waals surface area contributed by atoms with Gasteiger partial charge in [-0.1, -0.05) is 30.1 Å². The largest absolute Gasteiger partial charge is 0.395 e. The first-order valence-electron chi connectivity index (χ1n) is 4.90. The van der Waals surface area contributed by atoms with Gasteiger partial charge in [-0.3, -0.25) is 0 Å². The Bertz CT molecular complexity index is 513. The van der Waals surface area contributed by atoms with Gasteiger partial charge in [0, 0.05) is 13.0 Å². The molecule has 0 radical (unpaired) electrons. The van der Waals surface area contributed by atoms with Crippen molar-refractivity contribution >= 4 is 26.7 Å². The maximum Gasteiger partial charge on any atom is 0.300 e. The zero-order valence-electron chi connectivity index (χ0n) is 9.23. The minimum absolute atomic E-state index is 0.00566. The fraction of sp³-hybridized carbons (Fsp3) is 0.444. The van der Waals surface area contributed by atoms with Crippen molar-refractivity contribution in [2.75, 3.05) is 17.9 Å². The second-order valence-electron chi connectivity index (χ2n) is 2.91. The van der Waals surface area contributed by atoms with Gasteiger partial charge in [-0.05, 0) is 0 Å². The van der Waals surface area contributed by atoms with Crippen molar-refractivity contribution < 1.29 is 13.5 Å². The van der Waals surface area contributed by atoms with Crippen LogP contribution >= 0.6 is 11.3 Å². The molecule has 1 aromatic rings. The quantitative estimate of drug-likeness (QED) is 0.667. The summed E-state index contributed by atoms with van der Waals surface area (Å²) >= 11 is 1.14. The van der Waals surface area contributed by atoms with Crippen LogP contribution in [-0.2, 0) is 10.2 Å². The normalized spacial score (nSPS) is 10.7. The second-order valence-corrected chi connectivity index (χ2v) is 5.44. The maximum absolute atomic E-state index is 11.3. The van der Waals surface area contributed by atoms with Crippen molar-refractivity contribution in [1.82, 2.24) is 9.71 Å². The standard InChI is InChI=1S/C9H13N3O3S2/c1-2-11-17(14,15)12-9-10-7-8(16-9)5-3-4-6-13/h7,11,13H,2,4,6H2,1H3,(H,10,12). The summed E-state index contributed by atoms with van der Waals surface area (Å²) < 4.78 is 27.3. The van der Waals surface area contributed by atoms with Gasteiger partial charge in [-0.15, -0.1) is 0 Å². The maximum atomic E-state index is 11.3. The Morgan fingerprint density at radius 3 is 3.00 bits per heavy atom. The van der Waals surface area contributed by atoms with Crippen molar-refractivity contribution in [1.29, 1.82) is 0 Å². The predicted octanol–water partition coefficient (Wildman–Crippen LogP) is 0.143. The molecule has 0 atom stereocenters. The van der Waals surface area contributed by atoms with Gasteiger partial charge < -0.3 is 5.11 Å². The predicted molar refractivity (Wildman–Crippen MR) is 66.9 cm³/mol. The van der Waals surface area contributed by atoms with Crippen molar-refractivity contribution in [2.45, 2.75) is 13.3 Å². The Labute approximate surface area is 104 Å². The molecule has 0 saturated carbocycles. The second kappa shape index (κ2) is 6.56. The number of aliphatic hydroxyl groups is 1. The molecular formula is C9H13N3O3S2. The lowest BCUT2D eigenvalue weighted by atomic mass is 10.4. The van der Waals surface area contributed by atoms with Gasteiger partial charge in [0.2, 0.25) is 0 Å². The molecule has 0 aliphatic rings. The van der Waals surface area contributed by atoms with E-state index in [0.717, 1.165) is 11.3 Å². The smallest absolute Gasteiger partial charge is 0.300 e. The number of nitrogens with one attached hydrogen (secondary N) is 2. The molecule has 0 aromatic carbocycles. The van der Waals surface area contributed by atoms with E-state index < -0.39 is 10.2 Å². The number of aliphatic hydroxyl groups excluding tert-OH is 1. The molecule has 0 saturated heterocycles. The van der Waals surface area contributed by atoms with Crippen LogP contribution in [0.15, 0.2) is 6.20 Å². The number of anilines is 1. The fourth-order valence-electron chi connectivity index (χ4n) is 0.926. The first kappa shape index (κ1) is 13.9. The monoisotopic (exact) mass is 275 g/mol. The summed E-state index contributed by atoms with van der Waals surface area (Å²) in [6.45, 7) is 2.00. The van der Waals surface area contributed by atoms with E-state index >= 15 is 0 Å². The van der Waals surface area contributed by atoms with Crippen molar-refractivity contribution in [3.8, 4) is 11.8 Å². The highest BCUT2D eigenvalue weighted by molar-refractivity contribution is 7.91. The molecule has 1 heterocycles. The Kier molecular flexibility index (Phi) is 5.37. The van der Waals surface area contributed by atoms with Crippen LogP contribution in [0.1, 0.15) is 18.2 Å². The third kappa shape index (κ3) is 5.14. The first-order chi connectivity index (χ1) is 8.07. The molecule has 6 nitrogen and oxygen atoms in total. The Hall–Kier alpha value is -1.14. The number of rotatable bonds is 5. The molecule has 17 heavy (non-hydrogen) atoms. The van der Waals surface area contributed by atoms with Crippen LogP contribution in [0.2, 0.25) is 0 Å². The minimum Gasteiger partial charge on any atom is -0.395 e. The molecule has 0 bridgehead atoms. The first-order valence-corrected chi connectivity index (χ1v) is 7.20. The molecule has 0 aliphatic carbocycles. The molecule has 1 aromatic heterocycles. The van der Waals surface area contributed by atoms with E-state index in [1.54, 1.807) is 6.92 Å². The number of thiazole rings is 1. The molecule has 0 fully saturated rings. The van der Waals surface area contributed by atoms with E-state index in [-0.39, 0.29) is 11.7 Å². The molecule has 3 N–H and O–H groups in total. The molecule has 94 valence electrons. The number of hydrogen-bond acceptors (Lipinski definition) is 5. The van der Waals surface area contributed by atoms with E-state index in [9.17, 15) is 8.42 Å². The van der Waals surface area contributed by atoms with Crippen LogP contribution in [0.25, 0.3) is 0 Å². The highest BCUT2D eigenvalue weighted by Gasteiger charge is 2.10. The summed E-state index contributed by atoms with van der Waals surface area (Å²) in [5, 5.41) is 8.81. The van der Waals surface area contributed by atoms with Crippen molar-refractivity contribution in [2.24, 2.45) is 0 Å². The highest BCUT2D eigenvalue weighted by Crippen LogP contribution is 2.17. The van der Waals surface area contributed by atoms with Crippen molar-refractivity contribution in [3.05, 3.63) is 11.1 Å². The zero-order chi connectivity index (χ0) is 12.7. The van der Waals surface area contributed by atoms with Crippen LogP contribution in [0.3, 0.4) is 0 Å². The summed E-state index contributed by atoms with van der Waals surface area (Å²) in [5.74, 6) is 5.50. The van der Waals surface area contributed by atoms with Gasteiger partial charge in [0.15, 0.2) is 5.13 Å². The SMILES string of the molecule is CCNS(=O)(=O)Nc1ncc(C#CCCO)s1. The van der Waals surface area contributed by atoms with Gasteiger partial charge in [0.25, 0.3) is 0 Å². The van der Waals surface area contributed by atoms with Gasteiger partial charge in [0.05, 0.1) is 17.7 Å². The number of nitrogens with zero attached hydrogens (tertiary/aromatic N) is 1. The minimum atomic E-state index is -3.54. The third-order valence-corrected chi connectivity index (χ3v) is 3.60. The van der Waals surface area contributed by atoms with Crippen molar-refractivity contribution in [3.63, 3.8) is 0 Å². The van der Waals surface area contributed by atoms with Gasteiger partial charge in [-0.2, -0.15) is 13.1 Å². The Morgan fingerprint density at radius 2 is 2.35 bits per heavy atom. The van der Waals surface area contributed by atoms with Crippen LogP contribution in [0.4, 0.5) is 5.13 Å². The van der Waals surface area contributed by atoms with Crippen LogP contribution in [0, 0.1) is 11.8 Å². The number of hydrogen-bond donors (Lipinski definition) is 3. The average molecular weight is 275 g/mol. The molecule has 0 aliphatic heterocycles. The van der Waals surface area contributed by atoms with Gasteiger partial charge >= 0.3 is 10.2 Å². The molecule has 8 heteroatoms. The van der Waals surface area contributed by atoms with Crippen LogP contribution < -0.4 is 9.44 Å². The van der Waals surface area contributed by atoms with E-state index in [0.29, 0.717) is 17.8 Å². The van der Waals surface area contributed by atoms with E-state index in [1.807, 2.05) is 0 Å². The average Bonchev–Trinajstić information content (AvgIpc) is 2.65. The lowest BCUT2D eigenvalue weighted by molar-refractivity contribution is 0.305. The molecule has 1 rings (SSSR count). The zero-order valence-corrected chi connectivity index (χ0v) is 10.9. The van der Waals surface area contributed by atoms with E-state index in [2.05, 4.69) is 26.3 Å². The summed E-state index contributed by atoms with van der Waals surface area (Å²) in [7, 11) is -3.54. The summed E-state index contributed by atoms with van der Waals surface area (Å²) in [6.07, 6.45) is 1.87. The Morgan fingerprint density at radius 1 is 1.59 bits per heavy atom. The summed E-state index contributed by atoms with van der Waals surface area (Å²) in [6, 6.07) is 0. The third-order valence-electron chi connectivity index (χ3n) is 1.51. The van der Waals surface area contributed by atoms with E-state index in [4.69, 9.17) is 5.11 Å². The molecule has 0 spiro atoms. The fourth-order valence-corrected chi connectivity index (χ4v) is 2.70. The summed E-state index contributed by atoms with van der Waals surface area (Å²) in [5.41, 5.74) is 0. The Balaban J connectivity index is 2.67. The van der Waals surface area contributed by atoms with Crippen LogP contribution in [-0.4, -0.2) is 31.7 Å². The highest BCUT2D eigenvalue weighted by atomic mass is 32.2. The van der Waals surface area contributed by atoms with Gasteiger partial charge in [0.1, 0.15) is 0 Å². The molecule has 0 amide bonds. The van der Waals surface area contributed by atoms with Crippen LogP contribution in [0.5, 0.6) is 0 Å². The summed E-state index contributed by atoms with van der Waals surface area (Å²) in [4.78, 5) is 4.53. The van der Waals surface area contributed by atoms with E-state index in [1.165, 1.54) is 6.20 Å². The lowest BCUT2D eigenvalue weighted by Crippen LogP contribution is -2.29. The number of aromatic nitrogens is 1. The van der Waals surface area contributed by atoms with Gasteiger partial charge in [-0.25, -0.2) is 9.71 Å².